The van der Waals surface area contributed by atoms with Crippen LogP contribution in [0.2, 0.25) is 5.02 Å². The summed E-state index contributed by atoms with van der Waals surface area (Å²) >= 11 is 8.94. The number of nitrogens with zero attached hydrogens (tertiary/aromatic N) is 1. The standard InChI is InChI=1S/C12H12ClFN2OS2/c1-7(19-12-15-4-5-18-12)11(17)16-10-3-2-8(14)6-9(10)13/h2-3,6-7H,4-5H2,1H3,(H,16,17)/t7-/m1/s1. The molecule has 19 heavy (non-hydrogen) atoms. The summed E-state index contributed by atoms with van der Waals surface area (Å²) < 4.78 is 13.8. The van der Waals surface area contributed by atoms with Gasteiger partial charge in [0.1, 0.15) is 10.2 Å². The summed E-state index contributed by atoms with van der Waals surface area (Å²) in [6.45, 7) is 2.62. The van der Waals surface area contributed by atoms with E-state index in [0.717, 1.165) is 16.7 Å². The molecule has 0 radical (unpaired) electrons. The zero-order chi connectivity index (χ0) is 13.8. The lowest BCUT2D eigenvalue weighted by Crippen LogP contribution is -2.23. The highest BCUT2D eigenvalue weighted by Gasteiger charge is 2.19. The minimum Gasteiger partial charge on any atom is -0.324 e. The molecule has 7 heteroatoms. The number of amides is 1. The molecule has 0 bridgehead atoms. The summed E-state index contributed by atoms with van der Waals surface area (Å²) in [7, 11) is 0. The number of anilines is 1. The van der Waals surface area contributed by atoms with Crippen LogP contribution in [0.4, 0.5) is 10.1 Å². The lowest BCUT2D eigenvalue weighted by atomic mass is 10.3. The Morgan fingerprint density at radius 1 is 1.63 bits per heavy atom. The van der Waals surface area contributed by atoms with Crippen LogP contribution in [0.5, 0.6) is 0 Å². The third-order valence-corrected chi connectivity index (χ3v) is 5.01. The SMILES string of the molecule is C[C@@H](SC1=NCCS1)C(=O)Nc1ccc(F)cc1Cl. The van der Waals surface area contributed by atoms with Gasteiger partial charge in [0.05, 0.1) is 22.5 Å². The first kappa shape index (κ1) is 14.7. The van der Waals surface area contributed by atoms with Crippen molar-refractivity contribution in [2.45, 2.75) is 12.2 Å². The van der Waals surface area contributed by atoms with Crippen LogP contribution in [0.1, 0.15) is 6.92 Å². The number of hydrogen-bond donors (Lipinski definition) is 1. The monoisotopic (exact) mass is 318 g/mol. The Kier molecular flexibility index (Phi) is 5.13. The summed E-state index contributed by atoms with van der Waals surface area (Å²) in [5.74, 6) is 0.372. The Morgan fingerprint density at radius 3 is 3.05 bits per heavy atom. The number of benzene rings is 1. The van der Waals surface area contributed by atoms with Crippen molar-refractivity contribution in [2.24, 2.45) is 4.99 Å². The van der Waals surface area contributed by atoms with Crippen LogP contribution < -0.4 is 5.32 Å². The summed E-state index contributed by atoms with van der Waals surface area (Å²) in [5, 5.41) is 2.61. The first-order chi connectivity index (χ1) is 9.06. The first-order valence-corrected chi connectivity index (χ1v) is 7.90. The quantitative estimate of drug-likeness (QED) is 0.925. The predicted octanol–water partition coefficient (Wildman–Crippen LogP) is 3.64. The Labute approximate surface area is 124 Å². The Morgan fingerprint density at radius 2 is 2.42 bits per heavy atom. The zero-order valence-electron chi connectivity index (χ0n) is 10.2. The fraction of sp³-hybridized carbons (Fsp3) is 0.333. The molecule has 0 fully saturated rings. The number of halogens is 2. The van der Waals surface area contributed by atoms with Crippen LogP contribution in [0.15, 0.2) is 23.2 Å². The molecule has 1 aromatic carbocycles. The van der Waals surface area contributed by atoms with Crippen LogP contribution in [-0.4, -0.2) is 27.8 Å². The summed E-state index contributed by atoms with van der Waals surface area (Å²) in [4.78, 5) is 16.3. The number of rotatable bonds is 3. The van der Waals surface area contributed by atoms with Gasteiger partial charge in [-0.25, -0.2) is 4.39 Å². The molecule has 0 aliphatic carbocycles. The average molecular weight is 319 g/mol. The van der Waals surface area contributed by atoms with Crippen LogP contribution in [0.3, 0.4) is 0 Å². The van der Waals surface area contributed by atoms with E-state index >= 15 is 0 Å². The molecule has 1 aliphatic heterocycles. The Hall–Kier alpha value is -0.720. The third-order valence-electron chi connectivity index (χ3n) is 2.39. The molecule has 1 aromatic rings. The first-order valence-electron chi connectivity index (χ1n) is 5.66. The van der Waals surface area contributed by atoms with E-state index in [2.05, 4.69) is 10.3 Å². The highest BCUT2D eigenvalue weighted by Crippen LogP contribution is 2.27. The maximum absolute atomic E-state index is 12.9. The molecule has 3 nitrogen and oxygen atoms in total. The normalized spacial score (nSPS) is 16.1. The molecular formula is C12H12ClFN2OS2. The number of carbonyl (C=O) groups excluding carboxylic acids is 1. The number of carbonyl (C=O) groups is 1. The molecule has 1 heterocycles. The van der Waals surface area contributed by atoms with Crippen LogP contribution in [0, 0.1) is 5.82 Å². The van der Waals surface area contributed by atoms with Crippen molar-refractivity contribution in [3.05, 3.63) is 29.0 Å². The molecule has 2 rings (SSSR count). The van der Waals surface area contributed by atoms with Gasteiger partial charge in [0, 0.05) is 5.75 Å². The highest BCUT2D eigenvalue weighted by molar-refractivity contribution is 8.39. The minimum absolute atomic E-state index is 0.172. The molecule has 0 unspecified atom stereocenters. The van der Waals surface area contributed by atoms with Gasteiger partial charge in [-0.1, -0.05) is 35.1 Å². The second-order valence-electron chi connectivity index (χ2n) is 3.87. The average Bonchev–Trinajstić information content (AvgIpc) is 2.85. The molecule has 1 atom stereocenters. The maximum Gasteiger partial charge on any atom is 0.237 e. The fourth-order valence-electron chi connectivity index (χ4n) is 1.42. The van der Waals surface area contributed by atoms with Crippen molar-refractivity contribution in [1.29, 1.82) is 0 Å². The maximum atomic E-state index is 12.9. The molecule has 1 amide bonds. The summed E-state index contributed by atoms with van der Waals surface area (Å²) in [6.07, 6.45) is 0. The number of nitrogens with one attached hydrogen (secondary N) is 1. The van der Waals surface area contributed by atoms with Gasteiger partial charge in [0.15, 0.2) is 0 Å². The van der Waals surface area contributed by atoms with Crippen LogP contribution in [-0.2, 0) is 4.79 Å². The molecule has 0 saturated heterocycles. The van der Waals surface area contributed by atoms with Gasteiger partial charge in [-0.3, -0.25) is 9.79 Å². The fourth-order valence-corrected chi connectivity index (χ4v) is 3.76. The Balaban J connectivity index is 1.96. The molecule has 0 spiro atoms. The summed E-state index contributed by atoms with van der Waals surface area (Å²) in [5.41, 5.74) is 0.418. The molecule has 102 valence electrons. The lowest BCUT2D eigenvalue weighted by Gasteiger charge is -2.12. The Bertz CT molecular complexity index is 524. The van der Waals surface area contributed by atoms with Crippen molar-refractivity contribution >= 4 is 51.1 Å². The van der Waals surface area contributed by atoms with E-state index in [1.54, 1.807) is 18.7 Å². The van der Waals surface area contributed by atoms with Crippen molar-refractivity contribution in [1.82, 2.24) is 0 Å². The van der Waals surface area contributed by atoms with Crippen molar-refractivity contribution in [3.8, 4) is 0 Å². The van der Waals surface area contributed by atoms with Crippen LogP contribution >= 0.6 is 35.1 Å². The van der Waals surface area contributed by atoms with E-state index in [9.17, 15) is 9.18 Å². The van der Waals surface area contributed by atoms with Gasteiger partial charge in [0.2, 0.25) is 5.91 Å². The van der Waals surface area contributed by atoms with E-state index in [-0.39, 0.29) is 16.2 Å². The molecule has 1 aliphatic rings. The number of hydrogen-bond acceptors (Lipinski definition) is 4. The van der Waals surface area contributed by atoms with E-state index < -0.39 is 5.82 Å². The molecular weight excluding hydrogens is 307 g/mol. The van der Waals surface area contributed by atoms with Gasteiger partial charge < -0.3 is 5.32 Å². The van der Waals surface area contributed by atoms with Crippen LogP contribution in [0.25, 0.3) is 0 Å². The van der Waals surface area contributed by atoms with E-state index in [1.165, 1.54) is 30.0 Å². The lowest BCUT2D eigenvalue weighted by molar-refractivity contribution is -0.115. The van der Waals surface area contributed by atoms with Gasteiger partial charge in [0.25, 0.3) is 0 Å². The van der Waals surface area contributed by atoms with Gasteiger partial charge in [-0.05, 0) is 25.1 Å². The molecule has 0 aromatic heterocycles. The third kappa shape index (κ3) is 4.12. The minimum atomic E-state index is -0.429. The van der Waals surface area contributed by atoms with Gasteiger partial charge >= 0.3 is 0 Å². The summed E-state index contributed by atoms with van der Waals surface area (Å²) in [6, 6.07) is 3.89. The van der Waals surface area contributed by atoms with E-state index in [0.29, 0.717) is 5.69 Å². The van der Waals surface area contributed by atoms with E-state index in [4.69, 9.17) is 11.6 Å². The number of thioether (sulfide) groups is 2. The van der Waals surface area contributed by atoms with Crippen molar-refractivity contribution < 1.29 is 9.18 Å². The number of aliphatic imine (C=N–C) groups is 1. The largest absolute Gasteiger partial charge is 0.324 e. The highest BCUT2D eigenvalue weighted by atomic mass is 35.5. The predicted molar refractivity (Wildman–Crippen MR) is 81.9 cm³/mol. The molecule has 0 saturated carbocycles. The second-order valence-corrected chi connectivity index (χ2v) is 6.95. The molecule has 1 N–H and O–H groups in total. The van der Waals surface area contributed by atoms with Crippen molar-refractivity contribution in [2.75, 3.05) is 17.6 Å². The van der Waals surface area contributed by atoms with Crippen molar-refractivity contribution in [3.63, 3.8) is 0 Å². The second kappa shape index (κ2) is 6.63. The topological polar surface area (TPSA) is 41.5 Å². The zero-order valence-corrected chi connectivity index (χ0v) is 12.5. The van der Waals surface area contributed by atoms with Gasteiger partial charge in [-0.15, -0.1) is 0 Å². The smallest absolute Gasteiger partial charge is 0.237 e. The van der Waals surface area contributed by atoms with Gasteiger partial charge in [-0.2, -0.15) is 0 Å². The van der Waals surface area contributed by atoms with E-state index in [1.807, 2.05) is 0 Å².